The molecule has 0 bridgehead atoms. The molecule has 1 unspecified atom stereocenters. The van der Waals surface area contributed by atoms with Crippen molar-refractivity contribution >= 4 is 16.3 Å². The molecule has 100 valence electrons. The summed E-state index contributed by atoms with van der Waals surface area (Å²) in [5.41, 5.74) is 0.297. The maximum absolute atomic E-state index is 11.5. The standard InChI is InChI=1S/C10H16N4O3S/c1-18(16,17)14-4-2-3-9(6-14)5-13-7-10(8-15)11-12-13/h7-9H,2-6H2,1H3. The second kappa shape index (κ2) is 5.15. The highest BCUT2D eigenvalue weighted by Gasteiger charge is 2.26. The van der Waals surface area contributed by atoms with Crippen LogP contribution in [-0.2, 0) is 16.6 Å². The van der Waals surface area contributed by atoms with Gasteiger partial charge < -0.3 is 0 Å². The van der Waals surface area contributed by atoms with Crippen molar-refractivity contribution in [3.8, 4) is 0 Å². The van der Waals surface area contributed by atoms with Gasteiger partial charge in [0.1, 0.15) is 5.69 Å². The van der Waals surface area contributed by atoms with Gasteiger partial charge in [0.25, 0.3) is 0 Å². The van der Waals surface area contributed by atoms with Gasteiger partial charge in [-0.3, -0.25) is 9.48 Å². The van der Waals surface area contributed by atoms with Gasteiger partial charge in [-0.2, -0.15) is 0 Å². The summed E-state index contributed by atoms with van der Waals surface area (Å²) >= 11 is 0. The average Bonchev–Trinajstić information content (AvgIpc) is 2.76. The van der Waals surface area contributed by atoms with Crippen LogP contribution < -0.4 is 0 Å². The Labute approximate surface area is 106 Å². The first-order valence-corrected chi connectivity index (χ1v) is 7.64. The van der Waals surface area contributed by atoms with Crippen LogP contribution in [0.25, 0.3) is 0 Å². The Bertz CT molecular complexity index is 525. The smallest absolute Gasteiger partial charge is 0.211 e. The van der Waals surface area contributed by atoms with Gasteiger partial charge in [0, 0.05) is 19.6 Å². The predicted octanol–water partition coefficient (Wildman–Crippen LogP) is -0.238. The third-order valence-electron chi connectivity index (χ3n) is 3.07. The SMILES string of the molecule is CS(=O)(=O)N1CCCC(Cn2cc(C=O)nn2)C1. The van der Waals surface area contributed by atoms with Crippen molar-refractivity contribution in [3.63, 3.8) is 0 Å². The van der Waals surface area contributed by atoms with Crippen LogP contribution in [0.3, 0.4) is 0 Å². The molecule has 2 heterocycles. The van der Waals surface area contributed by atoms with Gasteiger partial charge in [-0.05, 0) is 18.8 Å². The summed E-state index contributed by atoms with van der Waals surface area (Å²) in [5, 5.41) is 7.52. The molecule has 1 aliphatic rings. The van der Waals surface area contributed by atoms with Crippen molar-refractivity contribution < 1.29 is 13.2 Å². The van der Waals surface area contributed by atoms with E-state index in [4.69, 9.17) is 0 Å². The molecule has 8 heteroatoms. The fourth-order valence-corrected chi connectivity index (χ4v) is 3.14. The molecule has 1 aromatic heterocycles. The Morgan fingerprint density at radius 3 is 2.94 bits per heavy atom. The fourth-order valence-electron chi connectivity index (χ4n) is 2.20. The van der Waals surface area contributed by atoms with E-state index < -0.39 is 10.0 Å². The fraction of sp³-hybridized carbons (Fsp3) is 0.700. The molecule has 2 rings (SSSR count). The van der Waals surface area contributed by atoms with E-state index in [1.54, 1.807) is 10.9 Å². The van der Waals surface area contributed by atoms with Gasteiger partial charge in [-0.15, -0.1) is 5.10 Å². The molecule has 0 radical (unpaired) electrons. The molecule has 1 saturated heterocycles. The number of carbonyl (C=O) groups is 1. The lowest BCUT2D eigenvalue weighted by Gasteiger charge is -2.30. The van der Waals surface area contributed by atoms with Gasteiger partial charge in [0.2, 0.25) is 10.0 Å². The maximum atomic E-state index is 11.5. The molecule has 1 aromatic rings. The normalized spacial score (nSPS) is 21.9. The number of carbonyl (C=O) groups excluding carboxylic acids is 1. The van der Waals surface area contributed by atoms with Gasteiger partial charge >= 0.3 is 0 Å². The summed E-state index contributed by atoms with van der Waals surface area (Å²) in [4.78, 5) is 10.5. The highest BCUT2D eigenvalue weighted by Crippen LogP contribution is 2.19. The van der Waals surface area contributed by atoms with E-state index in [9.17, 15) is 13.2 Å². The molecular formula is C10H16N4O3S. The summed E-state index contributed by atoms with van der Waals surface area (Å²) in [6.07, 6.45) is 5.27. The minimum atomic E-state index is -3.12. The number of nitrogens with zero attached hydrogens (tertiary/aromatic N) is 4. The Morgan fingerprint density at radius 1 is 1.56 bits per heavy atom. The quantitative estimate of drug-likeness (QED) is 0.706. The molecule has 18 heavy (non-hydrogen) atoms. The first-order chi connectivity index (χ1) is 8.49. The number of aldehydes is 1. The van der Waals surface area contributed by atoms with Crippen molar-refractivity contribution in [1.29, 1.82) is 0 Å². The van der Waals surface area contributed by atoms with E-state index in [1.807, 2.05) is 0 Å². The summed E-state index contributed by atoms with van der Waals surface area (Å²) < 4.78 is 26.1. The number of rotatable bonds is 4. The first-order valence-electron chi connectivity index (χ1n) is 5.79. The van der Waals surface area contributed by atoms with Crippen LogP contribution >= 0.6 is 0 Å². The summed E-state index contributed by atoms with van der Waals surface area (Å²) in [6, 6.07) is 0. The monoisotopic (exact) mass is 272 g/mol. The molecule has 0 aromatic carbocycles. The lowest BCUT2D eigenvalue weighted by atomic mass is 10.00. The van der Waals surface area contributed by atoms with E-state index in [2.05, 4.69) is 10.3 Å². The van der Waals surface area contributed by atoms with Gasteiger partial charge in [-0.1, -0.05) is 5.21 Å². The van der Waals surface area contributed by atoms with E-state index in [-0.39, 0.29) is 5.92 Å². The van der Waals surface area contributed by atoms with Gasteiger partial charge in [-0.25, -0.2) is 12.7 Å². The number of hydrogen-bond donors (Lipinski definition) is 0. The maximum Gasteiger partial charge on any atom is 0.211 e. The molecular weight excluding hydrogens is 256 g/mol. The molecule has 0 saturated carbocycles. The molecule has 7 nitrogen and oxygen atoms in total. The topological polar surface area (TPSA) is 85.2 Å². The summed E-state index contributed by atoms with van der Waals surface area (Å²) in [5.74, 6) is 0.217. The lowest BCUT2D eigenvalue weighted by Crippen LogP contribution is -2.40. The van der Waals surface area contributed by atoms with Crippen molar-refractivity contribution in [2.45, 2.75) is 19.4 Å². The van der Waals surface area contributed by atoms with Gasteiger partial charge in [0.05, 0.1) is 12.5 Å². The number of piperidine rings is 1. The molecule has 0 aliphatic carbocycles. The Balaban J connectivity index is 1.99. The largest absolute Gasteiger partial charge is 0.296 e. The Hall–Kier alpha value is -1.28. The molecule has 1 fully saturated rings. The van der Waals surface area contributed by atoms with Crippen LogP contribution in [0.2, 0.25) is 0 Å². The van der Waals surface area contributed by atoms with E-state index >= 15 is 0 Å². The zero-order valence-electron chi connectivity index (χ0n) is 10.2. The average molecular weight is 272 g/mol. The summed E-state index contributed by atoms with van der Waals surface area (Å²) in [6.45, 7) is 1.69. The van der Waals surface area contributed by atoms with Crippen molar-refractivity contribution in [2.24, 2.45) is 5.92 Å². The van der Waals surface area contributed by atoms with Crippen molar-refractivity contribution in [1.82, 2.24) is 19.3 Å². The van der Waals surface area contributed by atoms with E-state index in [0.29, 0.717) is 31.6 Å². The van der Waals surface area contributed by atoms with Crippen LogP contribution in [0.1, 0.15) is 23.3 Å². The van der Waals surface area contributed by atoms with Crippen LogP contribution in [0.5, 0.6) is 0 Å². The highest BCUT2D eigenvalue weighted by molar-refractivity contribution is 7.88. The number of sulfonamides is 1. The predicted molar refractivity (Wildman–Crippen MR) is 64.6 cm³/mol. The van der Waals surface area contributed by atoms with E-state index in [0.717, 1.165) is 12.8 Å². The Morgan fingerprint density at radius 2 is 2.33 bits per heavy atom. The molecule has 0 N–H and O–H groups in total. The third-order valence-corrected chi connectivity index (χ3v) is 4.34. The second-order valence-electron chi connectivity index (χ2n) is 4.61. The van der Waals surface area contributed by atoms with Crippen molar-refractivity contribution in [2.75, 3.05) is 19.3 Å². The molecule has 0 spiro atoms. The minimum absolute atomic E-state index is 0.217. The zero-order chi connectivity index (χ0) is 13.2. The third kappa shape index (κ3) is 3.14. The second-order valence-corrected chi connectivity index (χ2v) is 6.59. The lowest BCUT2D eigenvalue weighted by molar-refractivity contribution is 0.111. The molecule has 1 atom stereocenters. The van der Waals surface area contributed by atoms with Crippen LogP contribution in [0.4, 0.5) is 0 Å². The first kappa shape index (κ1) is 13.2. The van der Waals surface area contributed by atoms with Crippen LogP contribution in [0, 0.1) is 5.92 Å². The minimum Gasteiger partial charge on any atom is -0.296 e. The number of hydrogen-bond acceptors (Lipinski definition) is 5. The molecule has 0 amide bonds. The highest BCUT2D eigenvalue weighted by atomic mass is 32.2. The van der Waals surface area contributed by atoms with Crippen LogP contribution in [0.15, 0.2) is 6.20 Å². The van der Waals surface area contributed by atoms with Crippen molar-refractivity contribution in [3.05, 3.63) is 11.9 Å². The zero-order valence-corrected chi connectivity index (χ0v) is 11.0. The van der Waals surface area contributed by atoms with Gasteiger partial charge in [0.15, 0.2) is 6.29 Å². The molecule has 1 aliphatic heterocycles. The summed E-state index contributed by atoms with van der Waals surface area (Å²) in [7, 11) is -3.12. The van der Waals surface area contributed by atoms with E-state index in [1.165, 1.54) is 10.6 Å². The number of aromatic nitrogens is 3. The van der Waals surface area contributed by atoms with Crippen LogP contribution in [-0.4, -0.2) is 53.3 Å². The Kier molecular flexibility index (Phi) is 3.76.